The lowest BCUT2D eigenvalue weighted by Gasteiger charge is -2.30. The van der Waals surface area contributed by atoms with Crippen LogP contribution in [0.2, 0.25) is 0 Å². The average molecular weight is 227 g/mol. The monoisotopic (exact) mass is 227 g/mol. The molecule has 16 heavy (non-hydrogen) atoms. The van der Waals surface area contributed by atoms with E-state index in [1.807, 2.05) is 0 Å². The van der Waals surface area contributed by atoms with Crippen molar-refractivity contribution in [3.8, 4) is 0 Å². The van der Waals surface area contributed by atoms with Gasteiger partial charge in [0.15, 0.2) is 0 Å². The summed E-state index contributed by atoms with van der Waals surface area (Å²) in [5, 5.41) is 16.3. The van der Waals surface area contributed by atoms with E-state index in [0.717, 1.165) is 25.9 Å². The minimum absolute atomic E-state index is 0.253. The minimum atomic E-state index is 0.253. The number of nitrogens with one attached hydrogen (secondary N) is 1. The van der Waals surface area contributed by atoms with Gasteiger partial charge in [-0.15, -0.1) is 0 Å². The second-order valence-electron chi connectivity index (χ2n) is 5.34. The number of nitrogens with zero attached hydrogens (tertiary/aromatic N) is 1. The molecule has 0 amide bonds. The Balaban J connectivity index is 2.44. The van der Waals surface area contributed by atoms with Crippen LogP contribution in [-0.2, 0) is 0 Å². The maximum absolute atomic E-state index is 8.88. The van der Waals surface area contributed by atoms with Crippen LogP contribution in [0.4, 0.5) is 0 Å². The second-order valence-corrected chi connectivity index (χ2v) is 5.34. The Kier molecular flexibility index (Phi) is 4.74. The Morgan fingerprint density at radius 2 is 2.12 bits per heavy atom. The number of amidine groups is 1. The van der Waals surface area contributed by atoms with Gasteiger partial charge in [0, 0.05) is 32.2 Å². The van der Waals surface area contributed by atoms with Crippen LogP contribution in [0.3, 0.4) is 0 Å². The summed E-state index contributed by atoms with van der Waals surface area (Å²) in [4.78, 5) is 2.40. The third kappa shape index (κ3) is 4.10. The van der Waals surface area contributed by atoms with Crippen molar-refractivity contribution in [1.29, 1.82) is 5.41 Å². The molecule has 0 aromatic heterocycles. The van der Waals surface area contributed by atoms with Gasteiger partial charge in [-0.1, -0.05) is 0 Å². The van der Waals surface area contributed by atoms with E-state index in [4.69, 9.17) is 16.2 Å². The molecule has 0 aromatic rings. The summed E-state index contributed by atoms with van der Waals surface area (Å²) >= 11 is 0. The molecular formula is C12H25N3O. The summed E-state index contributed by atoms with van der Waals surface area (Å²) < 4.78 is 0. The molecular weight excluding hydrogens is 202 g/mol. The van der Waals surface area contributed by atoms with Gasteiger partial charge >= 0.3 is 0 Å². The molecule has 4 heteroatoms. The molecule has 1 rings (SSSR count). The van der Waals surface area contributed by atoms with Crippen LogP contribution in [-0.4, -0.2) is 41.6 Å². The fourth-order valence-electron chi connectivity index (χ4n) is 2.20. The zero-order valence-corrected chi connectivity index (χ0v) is 10.5. The smallest absolute Gasteiger partial charge is 0.0911 e. The molecule has 0 unspecified atom stereocenters. The van der Waals surface area contributed by atoms with E-state index in [2.05, 4.69) is 18.7 Å². The van der Waals surface area contributed by atoms with Crippen molar-refractivity contribution in [3.63, 3.8) is 0 Å². The molecule has 0 saturated heterocycles. The zero-order valence-electron chi connectivity index (χ0n) is 10.5. The Morgan fingerprint density at radius 3 is 2.50 bits per heavy atom. The molecule has 4 N–H and O–H groups in total. The van der Waals surface area contributed by atoms with E-state index < -0.39 is 0 Å². The highest BCUT2D eigenvalue weighted by Gasteiger charge is 2.44. The van der Waals surface area contributed by atoms with Crippen LogP contribution < -0.4 is 5.73 Å². The first-order valence-electron chi connectivity index (χ1n) is 6.17. The van der Waals surface area contributed by atoms with Gasteiger partial charge in [0.1, 0.15) is 0 Å². The quantitative estimate of drug-likeness (QED) is 0.431. The van der Waals surface area contributed by atoms with Crippen molar-refractivity contribution in [2.24, 2.45) is 11.1 Å². The lowest BCUT2D eigenvalue weighted by atomic mass is 10.00. The molecule has 1 fully saturated rings. The van der Waals surface area contributed by atoms with Crippen LogP contribution in [0.5, 0.6) is 0 Å². The maximum Gasteiger partial charge on any atom is 0.0911 e. The summed E-state index contributed by atoms with van der Waals surface area (Å²) in [6.45, 7) is 6.57. The first kappa shape index (κ1) is 13.5. The van der Waals surface area contributed by atoms with Crippen LogP contribution >= 0.6 is 0 Å². The van der Waals surface area contributed by atoms with Crippen molar-refractivity contribution >= 4 is 5.84 Å². The van der Waals surface area contributed by atoms with Crippen molar-refractivity contribution in [2.75, 3.05) is 19.7 Å². The molecule has 94 valence electrons. The highest BCUT2D eigenvalue weighted by atomic mass is 16.3. The number of aliphatic hydroxyl groups is 1. The molecule has 0 atom stereocenters. The summed E-state index contributed by atoms with van der Waals surface area (Å²) in [6, 6.07) is 0.496. The van der Waals surface area contributed by atoms with E-state index >= 15 is 0 Å². The topological polar surface area (TPSA) is 73.3 Å². The minimum Gasteiger partial charge on any atom is -0.396 e. The first-order valence-corrected chi connectivity index (χ1v) is 6.17. The number of aliphatic hydroxyl groups excluding tert-OH is 1. The summed E-state index contributed by atoms with van der Waals surface area (Å²) in [7, 11) is 0. The third-order valence-corrected chi connectivity index (χ3v) is 3.39. The SMILES string of the molecule is CC(C)N(CCCO)CC1(CC(=N)N)CC1. The van der Waals surface area contributed by atoms with Gasteiger partial charge in [-0.05, 0) is 38.5 Å². The van der Waals surface area contributed by atoms with E-state index in [1.165, 1.54) is 12.8 Å². The molecule has 1 aliphatic rings. The van der Waals surface area contributed by atoms with Crippen LogP contribution in [0, 0.1) is 10.8 Å². The molecule has 0 heterocycles. The van der Waals surface area contributed by atoms with Crippen molar-refractivity contribution < 1.29 is 5.11 Å². The van der Waals surface area contributed by atoms with Crippen molar-refractivity contribution in [1.82, 2.24) is 4.90 Å². The normalized spacial score (nSPS) is 18.1. The molecule has 1 saturated carbocycles. The maximum atomic E-state index is 8.88. The lowest BCUT2D eigenvalue weighted by Crippen LogP contribution is -2.38. The standard InChI is InChI=1S/C12H25N3O/c1-10(2)15(6-3-7-16)9-12(4-5-12)8-11(13)14/h10,16H,3-9H2,1-2H3,(H3,13,14). The Labute approximate surface area is 98.3 Å². The fraction of sp³-hybridized carbons (Fsp3) is 0.917. The third-order valence-electron chi connectivity index (χ3n) is 3.39. The van der Waals surface area contributed by atoms with Crippen LogP contribution in [0.1, 0.15) is 39.5 Å². The average Bonchev–Trinajstić information content (AvgIpc) is 2.91. The molecule has 1 aliphatic carbocycles. The number of hydrogen-bond donors (Lipinski definition) is 3. The van der Waals surface area contributed by atoms with Gasteiger partial charge in [-0.3, -0.25) is 5.41 Å². The summed E-state index contributed by atoms with van der Waals surface area (Å²) in [5.41, 5.74) is 5.76. The van der Waals surface area contributed by atoms with Crippen LogP contribution in [0.15, 0.2) is 0 Å². The summed E-state index contributed by atoms with van der Waals surface area (Å²) in [6.07, 6.45) is 3.94. The number of nitrogens with two attached hydrogens (primary N) is 1. The van der Waals surface area contributed by atoms with E-state index in [0.29, 0.717) is 11.9 Å². The Morgan fingerprint density at radius 1 is 1.50 bits per heavy atom. The van der Waals surface area contributed by atoms with Gasteiger partial charge in [-0.25, -0.2) is 0 Å². The molecule has 0 spiro atoms. The van der Waals surface area contributed by atoms with Gasteiger partial charge in [0.05, 0.1) is 5.84 Å². The number of hydrogen-bond acceptors (Lipinski definition) is 3. The fourth-order valence-corrected chi connectivity index (χ4v) is 2.20. The second kappa shape index (κ2) is 5.64. The lowest BCUT2D eigenvalue weighted by molar-refractivity contribution is 0.161. The summed E-state index contributed by atoms with van der Waals surface area (Å²) in [5.74, 6) is 0.309. The first-order chi connectivity index (χ1) is 7.49. The Bertz CT molecular complexity index is 236. The molecule has 0 bridgehead atoms. The van der Waals surface area contributed by atoms with Gasteiger partial charge < -0.3 is 15.7 Å². The highest BCUT2D eigenvalue weighted by Crippen LogP contribution is 2.49. The van der Waals surface area contributed by atoms with Gasteiger partial charge in [0.2, 0.25) is 0 Å². The zero-order chi connectivity index (χ0) is 12.2. The van der Waals surface area contributed by atoms with E-state index in [9.17, 15) is 0 Å². The molecule has 4 nitrogen and oxygen atoms in total. The van der Waals surface area contributed by atoms with Gasteiger partial charge in [0.25, 0.3) is 0 Å². The predicted octanol–water partition coefficient (Wildman–Crippen LogP) is 1.19. The number of rotatable bonds is 8. The molecule has 0 aliphatic heterocycles. The largest absolute Gasteiger partial charge is 0.396 e. The Hall–Kier alpha value is -0.610. The van der Waals surface area contributed by atoms with Crippen LogP contribution in [0.25, 0.3) is 0 Å². The molecule has 0 radical (unpaired) electrons. The highest BCUT2D eigenvalue weighted by molar-refractivity contribution is 5.78. The molecule has 0 aromatic carbocycles. The predicted molar refractivity (Wildman–Crippen MR) is 66.6 cm³/mol. The van der Waals surface area contributed by atoms with Crippen molar-refractivity contribution in [2.45, 2.75) is 45.6 Å². The van der Waals surface area contributed by atoms with Gasteiger partial charge in [-0.2, -0.15) is 0 Å². The van der Waals surface area contributed by atoms with E-state index in [1.54, 1.807) is 0 Å². The van der Waals surface area contributed by atoms with Crippen molar-refractivity contribution in [3.05, 3.63) is 0 Å². The van der Waals surface area contributed by atoms with E-state index in [-0.39, 0.29) is 12.0 Å².